The van der Waals surface area contributed by atoms with E-state index in [0.717, 1.165) is 0 Å². The van der Waals surface area contributed by atoms with Gasteiger partial charge in [-0.2, -0.15) is 11.8 Å². The molecule has 0 aliphatic carbocycles. The minimum absolute atomic E-state index is 0.0638. The Morgan fingerprint density at radius 2 is 1.33 bits per heavy atom. The maximum absolute atomic E-state index is 12.9. The van der Waals surface area contributed by atoms with Crippen molar-refractivity contribution in [3.8, 4) is 0 Å². The molecular weight excluding hydrogens is 492 g/mol. The molecule has 36 heavy (non-hydrogen) atoms. The zero-order valence-corrected chi connectivity index (χ0v) is 21.5. The summed E-state index contributed by atoms with van der Waals surface area (Å²) < 4.78 is 0. The zero-order valence-electron chi connectivity index (χ0n) is 20.7. The Morgan fingerprint density at radius 3 is 1.81 bits per heavy atom. The van der Waals surface area contributed by atoms with E-state index >= 15 is 0 Å². The van der Waals surface area contributed by atoms with Crippen LogP contribution in [0.5, 0.6) is 0 Å². The van der Waals surface area contributed by atoms with E-state index in [4.69, 9.17) is 28.0 Å². The van der Waals surface area contributed by atoms with Crippen LogP contribution in [0.4, 0.5) is 0 Å². The number of carboxylic acid groups (broad SMARTS) is 1. The van der Waals surface area contributed by atoms with Gasteiger partial charge in [-0.15, -0.1) is 0 Å². The van der Waals surface area contributed by atoms with Gasteiger partial charge in [0.1, 0.15) is 18.1 Å². The van der Waals surface area contributed by atoms with Crippen LogP contribution in [0.25, 0.3) is 0 Å². The van der Waals surface area contributed by atoms with Crippen molar-refractivity contribution in [1.29, 1.82) is 10.8 Å². The van der Waals surface area contributed by atoms with Gasteiger partial charge < -0.3 is 48.9 Å². The van der Waals surface area contributed by atoms with Crippen molar-refractivity contribution in [3.05, 3.63) is 0 Å². The number of amides is 3. The molecule has 3 amide bonds. The van der Waals surface area contributed by atoms with Crippen LogP contribution < -0.4 is 43.8 Å². The summed E-state index contributed by atoms with van der Waals surface area (Å²) in [7, 11) is 0. The molecule has 206 valence electrons. The van der Waals surface area contributed by atoms with Gasteiger partial charge >= 0.3 is 5.97 Å². The van der Waals surface area contributed by atoms with Crippen molar-refractivity contribution < 1.29 is 24.3 Å². The number of carboxylic acids is 1. The standard InChI is InChI=1S/C20H40N10O5S/c1-11(28-16(32)12(21)7-10-36-2)15(31)29-13(5-3-8-26-19(22)23)17(33)30-14(18(34)35)6-4-9-27-20(24)25/h11-14H,3-10,21H2,1-2H3,(H,28,32)(H,29,31)(H,30,33)(H,34,35)(H4,22,23,26)(H4,24,25,27)/t11-,12-,13-,14-/m0/s1. The molecule has 15 nitrogen and oxygen atoms in total. The molecule has 0 aromatic rings. The van der Waals surface area contributed by atoms with Gasteiger partial charge in [0.2, 0.25) is 17.7 Å². The van der Waals surface area contributed by atoms with Crippen molar-refractivity contribution in [2.75, 3.05) is 25.1 Å². The first kappa shape index (κ1) is 32.7. The number of carbonyl (C=O) groups excluding carboxylic acids is 3. The predicted octanol–water partition coefficient (Wildman–Crippen LogP) is -2.85. The molecule has 0 saturated carbocycles. The van der Waals surface area contributed by atoms with Crippen molar-refractivity contribution in [2.24, 2.45) is 17.2 Å². The van der Waals surface area contributed by atoms with Crippen molar-refractivity contribution in [1.82, 2.24) is 26.6 Å². The summed E-state index contributed by atoms with van der Waals surface area (Å²) in [4.78, 5) is 49.4. The van der Waals surface area contributed by atoms with Gasteiger partial charge in [-0.05, 0) is 51.0 Å². The first-order chi connectivity index (χ1) is 16.9. The van der Waals surface area contributed by atoms with Crippen LogP contribution in [0.1, 0.15) is 39.0 Å². The molecule has 14 N–H and O–H groups in total. The third-order valence-corrected chi connectivity index (χ3v) is 5.58. The number of carbonyl (C=O) groups is 4. The van der Waals surface area contributed by atoms with E-state index in [9.17, 15) is 24.3 Å². The molecule has 0 rings (SSSR count). The van der Waals surface area contributed by atoms with Gasteiger partial charge in [0, 0.05) is 13.1 Å². The SMILES string of the molecule is CSCC[C@H](N)C(=O)N[C@@H](C)C(=O)N[C@@H](CCCNC(=N)N)C(=O)N[C@@H](CCCNC(=N)N)C(=O)O. The smallest absolute Gasteiger partial charge is 0.326 e. The van der Waals surface area contributed by atoms with Crippen LogP contribution in [-0.2, 0) is 19.2 Å². The highest BCUT2D eigenvalue weighted by Gasteiger charge is 2.28. The number of aliphatic carboxylic acids is 1. The molecule has 0 fully saturated rings. The average molecular weight is 533 g/mol. The Bertz CT molecular complexity index is 769. The normalized spacial score (nSPS) is 13.9. The van der Waals surface area contributed by atoms with Gasteiger partial charge in [0.05, 0.1) is 6.04 Å². The molecule has 0 unspecified atom stereocenters. The van der Waals surface area contributed by atoms with Crippen LogP contribution >= 0.6 is 11.8 Å². The summed E-state index contributed by atoms with van der Waals surface area (Å²) in [6, 6.07) is -4.10. The van der Waals surface area contributed by atoms with E-state index in [1.165, 1.54) is 18.7 Å². The van der Waals surface area contributed by atoms with Gasteiger partial charge in [-0.3, -0.25) is 25.2 Å². The highest BCUT2D eigenvalue weighted by atomic mass is 32.2. The molecule has 0 aliphatic rings. The maximum atomic E-state index is 12.9. The summed E-state index contributed by atoms with van der Waals surface area (Å²) in [5.74, 6) is -2.93. The van der Waals surface area contributed by atoms with Crippen molar-refractivity contribution >= 4 is 47.4 Å². The van der Waals surface area contributed by atoms with Crippen LogP contribution in [0.3, 0.4) is 0 Å². The molecule has 0 radical (unpaired) electrons. The molecule has 0 aromatic heterocycles. The van der Waals surface area contributed by atoms with Gasteiger partial charge in [-0.1, -0.05) is 0 Å². The lowest BCUT2D eigenvalue weighted by atomic mass is 10.1. The number of nitrogens with one attached hydrogen (secondary N) is 7. The third-order valence-electron chi connectivity index (χ3n) is 4.94. The second-order valence-corrected chi connectivity index (χ2v) is 9.03. The Kier molecular flexibility index (Phi) is 16.4. The summed E-state index contributed by atoms with van der Waals surface area (Å²) in [5.41, 5.74) is 16.3. The highest BCUT2D eigenvalue weighted by Crippen LogP contribution is 2.04. The molecule has 16 heteroatoms. The number of hydrogen-bond acceptors (Lipinski definition) is 8. The van der Waals surface area contributed by atoms with E-state index in [0.29, 0.717) is 25.0 Å². The van der Waals surface area contributed by atoms with Gasteiger partial charge in [0.15, 0.2) is 11.9 Å². The quantitative estimate of drug-likeness (QED) is 0.0485. The summed E-state index contributed by atoms with van der Waals surface area (Å²) >= 11 is 1.54. The van der Waals surface area contributed by atoms with Gasteiger partial charge in [-0.25, -0.2) is 4.79 Å². The van der Waals surface area contributed by atoms with E-state index in [1.807, 2.05) is 6.26 Å². The lowest BCUT2D eigenvalue weighted by Crippen LogP contribution is -2.56. The minimum atomic E-state index is -1.26. The fraction of sp³-hybridized carbons (Fsp3) is 0.700. The van der Waals surface area contributed by atoms with Gasteiger partial charge in [0.25, 0.3) is 0 Å². The number of guanidine groups is 2. The molecular formula is C20H40N10O5S. The van der Waals surface area contributed by atoms with E-state index in [2.05, 4.69) is 26.6 Å². The third kappa shape index (κ3) is 14.9. The number of thioether (sulfide) groups is 1. The minimum Gasteiger partial charge on any atom is -0.480 e. The van der Waals surface area contributed by atoms with E-state index < -0.39 is 47.9 Å². The van der Waals surface area contributed by atoms with Crippen LogP contribution in [0.2, 0.25) is 0 Å². The van der Waals surface area contributed by atoms with Crippen molar-refractivity contribution in [3.63, 3.8) is 0 Å². The zero-order chi connectivity index (χ0) is 27.7. The van der Waals surface area contributed by atoms with Crippen molar-refractivity contribution in [2.45, 2.75) is 63.2 Å². The Balaban J connectivity index is 5.18. The summed E-state index contributed by atoms with van der Waals surface area (Å²) in [6.07, 6.45) is 3.15. The molecule has 4 atom stereocenters. The van der Waals surface area contributed by atoms with Crippen LogP contribution in [0.15, 0.2) is 0 Å². The monoisotopic (exact) mass is 532 g/mol. The summed E-state index contributed by atoms with van der Waals surface area (Å²) in [6.45, 7) is 1.95. The lowest BCUT2D eigenvalue weighted by molar-refractivity contribution is -0.142. The Hall–Kier alpha value is -3.27. The predicted molar refractivity (Wildman–Crippen MR) is 138 cm³/mol. The Labute approximate surface area is 214 Å². The second-order valence-electron chi connectivity index (χ2n) is 8.04. The largest absolute Gasteiger partial charge is 0.480 e. The first-order valence-electron chi connectivity index (χ1n) is 11.4. The van der Waals surface area contributed by atoms with E-state index in [-0.39, 0.29) is 37.9 Å². The average Bonchev–Trinajstić information content (AvgIpc) is 2.80. The fourth-order valence-corrected chi connectivity index (χ4v) is 3.41. The summed E-state index contributed by atoms with van der Waals surface area (Å²) in [5, 5.41) is 36.4. The second kappa shape index (κ2) is 18.1. The highest BCUT2D eigenvalue weighted by molar-refractivity contribution is 7.98. The number of nitrogens with two attached hydrogens (primary N) is 3. The van der Waals surface area contributed by atoms with E-state index in [1.54, 1.807) is 0 Å². The molecule has 0 bridgehead atoms. The molecule has 0 spiro atoms. The number of hydrogen-bond donors (Lipinski definition) is 11. The fourth-order valence-electron chi connectivity index (χ4n) is 2.92. The Morgan fingerprint density at radius 1 is 0.833 bits per heavy atom. The first-order valence-corrected chi connectivity index (χ1v) is 12.8. The van der Waals surface area contributed by atoms with Crippen LogP contribution in [0, 0.1) is 10.8 Å². The molecule has 0 aliphatic heterocycles. The molecule has 0 heterocycles. The molecule has 0 saturated heterocycles. The topological polar surface area (TPSA) is 274 Å². The van der Waals surface area contributed by atoms with Crippen LogP contribution in [-0.4, -0.2) is 90.0 Å². The molecule has 0 aromatic carbocycles. The number of rotatable bonds is 18. The maximum Gasteiger partial charge on any atom is 0.326 e. The lowest BCUT2D eigenvalue weighted by Gasteiger charge is -2.24.